The van der Waals surface area contributed by atoms with Crippen molar-refractivity contribution in [1.82, 2.24) is 29.5 Å². The van der Waals surface area contributed by atoms with Gasteiger partial charge >= 0.3 is 0 Å². The second-order valence-electron chi connectivity index (χ2n) is 11.8. The molecule has 0 bridgehead atoms. The van der Waals surface area contributed by atoms with Crippen molar-refractivity contribution in [2.45, 2.75) is 19.3 Å². The van der Waals surface area contributed by atoms with Gasteiger partial charge in [-0.25, -0.2) is 4.98 Å². The first-order valence-corrected chi connectivity index (χ1v) is 14.8. The molecule has 0 saturated heterocycles. The average Bonchev–Trinajstić information content (AvgIpc) is 3.52. The van der Waals surface area contributed by atoms with Crippen LogP contribution in [0.1, 0.15) is 25.0 Å². The van der Waals surface area contributed by atoms with Gasteiger partial charge in [-0.05, 0) is 70.8 Å². The molecular weight excluding hydrogens is 540 g/mol. The van der Waals surface area contributed by atoms with Crippen molar-refractivity contribution in [3.8, 4) is 39.6 Å². The molecule has 6 nitrogen and oxygen atoms in total. The van der Waals surface area contributed by atoms with Gasteiger partial charge in [0, 0.05) is 41.0 Å². The van der Waals surface area contributed by atoms with Crippen molar-refractivity contribution in [1.29, 1.82) is 0 Å². The summed E-state index contributed by atoms with van der Waals surface area (Å²) in [6.45, 7) is 4.67. The van der Waals surface area contributed by atoms with E-state index in [1.807, 2.05) is 48.8 Å². The van der Waals surface area contributed by atoms with E-state index in [0.29, 0.717) is 0 Å². The largest absolute Gasteiger partial charge is 0.309 e. The highest BCUT2D eigenvalue weighted by Crippen LogP contribution is 2.53. The highest BCUT2D eigenvalue weighted by molar-refractivity contribution is 6.15. The lowest BCUT2D eigenvalue weighted by molar-refractivity contribution is 0.664. The van der Waals surface area contributed by atoms with Crippen LogP contribution in [0.25, 0.3) is 72.4 Å². The molecule has 8 aromatic rings. The van der Waals surface area contributed by atoms with Gasteiger partial charge in [-0.3, -0.25) is 19.9 Å². The summed E-state index contributed by atoms with van der Waals surface area (Å²) >= 11 is 0. The van der Waals surface area contributed by atoms with Crippen molar-refractivity contribution in [2.24, 2.45) is 0 Å². The average molecular weight is 567 g/mol. The van der Waals surface area contributed by atoms with Gasteiger partial charge in [0.2, 0.25) is 0 Å². The standard InChI is InChI=1S/C38H26N6/c1-38(2)28-10-4-3-9-24(28)25-13-14-26-27-21-31-32(42-18-17-41-31)22-35(27)44(37(26)36(25)38)23-19-33(29-11-5-7-15-39-29)43-34(20-23)30-12-6-8-16-40-30/h3-22H,1-2H3. The van der Waals surface area contributed by atoms with Gasteiger partial charge in [-0.15, -0.1) is 0 Å². The summed E-state index contributed by atoms with van der Waals surface area (Å²) in [4.78, 5) is 23.8. The Morgan fingerprint density at radius 1 is 0.545 bits per heavy atom. The van der Waals surface area contributed by atoms with Gasteiger partial charge < -0.3 is 4.57 Å². The lowest BCUT2D eigenvalue weighted by Gasteiger charge is -2.24. The van der Waals surface area contributed by atoms with Crippen LogP contribution in [-0.4, -0.2) is 29.5 Å². The Kier molecular flexibility index (Phi) is 5.14. The molecule has 6 heteroatoms. The summed E-state index contributed by atoms with van der Waals surface area (Å²) in [5.74, 6) is 0. The van der Waals surface area contributed by atoms with Crippen LogP contribution >= 0.6 is 0 Å². The van der Waals surface area contributed by atoms with Crippen molar-refractivity contribution in [3.05, 3.63) is 133 Å². The molecule has 44 heavy (non-hydrogen) atoms. The van der Waals surface area contributed by atoms with E-state index in [1.54, 1.807) is 12.4 Å². The van der Waals surface area contributed by atoms with E-state index in [0.717, 1.165) is 50.4 Å². The first-order valence-electron chi connectivity index (χ1n) is 14.8. The fraction of sp³-hybridized carbons (Fsp3) is 0.0789. The van der Waals surface area contributed by atoms with E-state index in [2.05, 4.69) is 94.0 Å². The Hall–Kier alpha value is -5.75. The molecule has 208 valence electrons. The third-order valence-corrected chi connectivity index (χ3v) is 8.96. The molecule has 0 fully saturated rings. The minimum Gasteiger partial charge on any atom is -0.309 e. The van der Waals surface area contributed by atoms with Crippen LogP contribution in [0.15, 0.2) is 122 Å². The maximum Gasteiger partial charge on any atom is 0.0915 e. The Morgan fingerprint density at radius 2 is 1.20 bits per heavy atom. The van der Waals surface area contributed by atoms with Crippen molar-refractivity contribution >= 4 is 32.8 Å². The van der Waals surface area contributed by atoms with Gasteiger partial charge in [0.15, 0.2) is 0 Å². The predicted octanol–water partition coefficient (Wildman–Crippen LogP) is 8.55. The van der Waals surface area contributed by atoms with Crippen molar-refractivity contribution < 1.29 is 0 Å². The Balaban J connectivity index is 1.46. The zero-order chi connectivity index (χ0) is 29.4. The number of hydrogen-bond acceptors (Lipinski definition) is 5. The molecular formula is C38H26N6. The molecule has 5 heterocycles. The van der Waals surface area contributed by atoms with Gasteiger partial charge in [0.05, 0.1) is 50.5 Å². The Bertz CT molecular complexity index is 2350. The normalized spacial score (nSPS) is 13.4. The van der Waals surface area contributed by atoms with Crippen molar-refractivity contribution in [3.63, 3.8) is 0 Å². The van der Waals surface area contributed by atoms with E-state index in [1.165, 1.54) is 33.2 Å². The summed E-state index contributed by atoms with van der Waals surface area (Å²) in [5.41, 5.74) is 13.2. The molecule has 0 amide bonds. The van der Waals surface area contributed by atoms with Gasteiger partial charge in [0.1, 0.15) is 0 Å². The van der Waals surface area contributed by atoms with Crippen LogP contribution in [0, 0.1) is 0 Å². The molecule has 0 spiro atoms. The van der Waals surface area contributed by atoms with Crippen LogP contribution in [0.4, 0.5) is 0 Å². The van der Waals surface area contributed by atoms with Crippen LogP contribution < -0.4 is 0 Å². The quantitative estimate of drug-likeness (QED) is 0.214. The van der Waals surface area contributed by atoms with Gasteiger partial charge in [-0.2, -0.15) is 0 Å². The highest BCUT2D eigenvalue weighted by Gasteiger charge is 2.38. The number of aromatic nitrogens is 6. The third kappa shape index (κ3) is 3.51. The van der Waals surface area contributed by atoms with Crippen LogP contribution in [0.3, 0.4) is 0 Å². The number of fused-ring (bicyclic) bond motifs is 8. The Labute approximate surface area is 253 Å². The van der Waals surface area contributed by atoms with E-state index in [4.69, 9.17) is 9.97 Å². The second kappa shape index (κ2) is 9.12. The summed E-state index contributed by atoms with van der Waals surface area (Å²) < 4.78 is 2.39. The zero-order valence-electron chi connectivity index (χ0n) is 24.2. The first kappa shape index (κ1) is 24.8. The first-order chi connectivity index (χ1) is 21.6. The number of benzene rings is 3. The van der Waals surface area contributed by atoms with Gasteiger partial charge in [0.25, 0.3) is 0 Å². The minimum atomic E-state index is -0.214. The van der Waals surface area contributed by atoms with E-state index < -0.39 is 0 Å². The number of hydrogen-bond donors (Lipinski definition) is 0. The smallest absolute Gasteiger partial charge is 0.0915 e. The third-order valence-electron chi connectivity index (χ3n) is 8.96. The van der Waals surface area contributed by atoms with Crippen molar-refractivity contribution in [2.75, 3.05) is 0 Å². The second-order valence-corrected chi connectivity index (χ2v) is 11.8. The molecule has 3 aromatic carbocycles. The number of pyridine rings is 3. The van der Waals surface area contributed by atoms with E-state index >= 15 is 0 Å². The van der Waals surface area contributed by atoms with Crippen LogP contribution in [0.2, 0.25) is 0 Å². The Morgan fingerprint density at radius 3 is 1.89 bits per heavy atom. The summed E-state index contributed by atoms with van der Waals surface area (Å²) in [5, 5.41) is 2.32. The maximum absolute atomic E-state index is 5.07. The molecule has 1 aliphatic rings. The lowest BCUT2D eigenvalue weighted by Crippen LogP contribution is -2.16. The molecule has 0 saturated carbocycles. The zero-order valence-corrected chi connectivity index (χ0v) is 24.2. The van der Waals surface area contributed by atoms with Crippen LogP contribution in [-0.2, 0) is 5.41 Å². The molecule has 0 radical (unpaired) electrons. The van der Waals surface area contributed by atoms with Gasteiger partial charge in [-0.1, -0.05) is 62.4 Å². The molecule has 1 aliphatic carbocycles. The monoisotopic (exact) mass is 566 g/mol. The number of nitrogens with zero attached hydrogens (tertiary/aromatic N) is 6. The number of rotatable bonds is 3. The lowest BCUT2D eigenvalue weighted by atomic mass is 9.81. The molecule has 9 rings (SSSR count). The summed E-state index contributed by atoms with van der Waals surface area (Å²) in [6, 6.07) is 33.8. The molecule has 0 aliphatic heterocycles. The molecule has 0 N–H and O–H groups in total. The fourth-order valence-corrected chi connectivity index (χ4v) is 7.02. The summed E-state index contributed by atoms with van der Waals surface area (Å²) in [7, 11) is 0. The minimum absolute atomic E-state index is 0.214. The van der Waals surface area contributed by atoms with Crippen LogP contribution in [0.5, 0.6) is 0 Å². The predicted molar refractivity (Wildman–Crippen MR) is 176 cm³/mol. The topological polar surface area (TPSA) is 69.4 Å². The molecule has 5 aromatic heterocycles. The van der Waals surface area contributed by atoms with E-state index in [9.17, 15) is 0 Å². The van der Waals surface area contributed by atoms with E-state index in [-0.39, 0.29) is 5.41 Å². The maximum atomic E-state index is 5.07. The summed E-state index contributed by atoms with van der Waals surface area (Å²) in [6.07, 6.45) is 7.12. The highest BCUT2D eigenvalue weighted by atomic mass is 15.0. The molecule has 0 atom stereocenters. The fourth-order valence-electron chi connectivity index (χ4n) is 7.02. The molecule has 0 unspecified atom stereocenters. The SMILES string of the molecule is CC1(C)c2ccccc2-c2ccc3c4cc5nccnc5cc4n(-c4cc(-c5ccccn5)nc(-c5ccccn5)c4)c3c21.